The minimum absolute atomic E-state index is 0.415. The molecule has 0 aromatic heterocycles. The summed E-state index contributed by atoms with van der Waals surface area (Å²) in [6.45, 7) is 5.79. The molecule has 0 radical (unpaired) electrons. The van der Waals surface area contributed by atoms with Gasteiger partial charge >= 0.3 is 0 Å². The highest BCUT2D eigenvalue weighted by atomic mass is 32.2. The molecule has 5 heteroatoms. The van der Waals surface area contributed by atoms with Crippen LogP contribution in [0.5, 0.6) is 0 Å². The van der Waals surface area contributed by atoms with Gasteiger partial charge in [-0.1, -0.05) is 13.3 Å². The van der Waals surface area contributed by atoms with Crippen LogP contribution in [0.3, 0.4) is 0 Å². The van der Waals surface area contributed by atoms with Crippen LogP contribution in [0.4, 0.5) is 0 Å². The van der Waals surface area contributed by atoms with Crippen molar-refractivity contribution in [3.05, 3.63) is 0 Å². The standard InChI is InChI=1S/C14H27NO2S2/c1-2-18-14-5-3-4-8-15(12-14)11-13-6-9-19(16,17)10-7-13/h13-14H,2-12H2,1H3/t14-/m1/s1. The molecule has 0 amide bonds. The molecule has 0 aliphatic carbocycles. The van der Waals surface area contributed by atoms with Gasteiger partial charge in [-0.15, -0.1) is 0 Å². The molecule has 0 bridgehead atoms. The van der Waals surface area contributed by atoms with Gasteiger partial charge in [0.05, 0.1) is 11.5 Å². The lowest BCUT2D eigenvalue weighted by Crippen LogP contribution is -2.37. The molecule has 2 saturated heterocycles. The Labute approximate surface area is 122 Å². The molecule has 0 aromatic rings. The van der Waals surface area contributed by atoms with Crippen LogP contribution in [0.25, 0.3) is 0 Å². The lowest BCUT2D eigenvalue weighted by molar-refractivity contribution is 0.231. The maximum absolute atomic E-state index is 11.5. The van der Waals surface area contributed by atoms with Crippen LogP contribution < -0.4 is 0 Å². The Hall–Kier alpha value is 0.260. The van der Waals surface area contributed by atoms with Crippen LogP contribution in [0.2, 0.25) is 0 Å². The van der Waals surface area contributed by atoms with Crippen molar-refractivity contribution < 1.29 is 8.42 Å². The van der Waals surface area contributed by atoms with Crippen LogP contribution in [-0.4, -0.2) is 55.5 Å². The normalized spacial score (nSPS) is 30.1. The average molecular weight is 306 g/mol. The van der Waals surface area contributed by atoms with E-state index >= 15 is 0 Å². The Balaban J connectivity index is 1.80. The fraction of sp³-hybridized carbons (Fsp3) is 1.00. The number of hydrogen-bond donors (Lipinski definition) is 0. The highest BCUT2D eigenvalue weighted by Crippen LogP contribution is 2.25. The molecular weight excluding hydrogens is 278 g/mol. The summed E-state index contributed by atoms with van der Waals surface area (Å²) in [6.07, 6.45) is 5.78. The zero-order chi connectivity index (χ0) is 13.7. The summed E-state index contributed by atoms with van der Waals surface area (Å²) in [7, 11) is -2.71. The summed E-state index contributed by atoms with van der Waals surface area (Å²) in [5, 5.41) is 0.792. The third-order valence-corrected chi connectivity index (χ3v) is 7.21. The lowest BCUT2D eigenvalue weighted by atomic mass is 10.0. The van der Waals surface area contributed by atoms with Crippen molar-refractivity contribution in [1.82, 2.24) is 4.90 Å². The fourth-order valence-corrected chi connectivity index (χ4v) is 5.91. The van der Waals surface area contributed by atoms with Gasteiger partial charge in [0, 0.05) is 18.3 Å². The highest BCUT2D eigenvalue weighted by molar-refractivity contribution is 7.99. The summed E-state index contributed by atoms with van der Waals surface area (Å²) in [6, 6.07) is 0. The van der Waals surface area contributed by atoms with Gasteiger partial charge in [-0.25, -0.2) is 8.42 Å². The summed E-state index contributed by atoms with van der Waals surface area (Å²) in [5.41, 5.74) is 0. The third-order valence-electron chi connectivity index (χ3n) is 4.31. The van der Waals surface area contributed by atoms with E-state index < -0.39 is 9.84 Å². The summed E-state index contributed by atoms with van der Waals surface area (Å²) < 4.78 is 22.9. The van der Waals surface area contributed by atoms with E-state index in [0.717, 1.165) is 24.6 Å². The van der Waals surface area contributed by atoms with Crippen molar-refractivity contribution in [1.29, 1.82) is 0 Å². The Morgan fingerprint density at radius 2 is 1.89 bits per heavy atom. The van der Waals surface area contributed by atoms with E-state index in [1.165, 1.54) is 38.1 Å². The fourth-order valence-electron chi connectivity index (χ4n) is 3.20. The van der Waals surface area contributed by atoms with Crippen LogP contribution in [0.15, 0.2) is 0 Å². The average Bonchev–Trinajstić information content (AvgIpc) is 2.58. The van der Waals surface area contributed by atoms with E-state index in [-0.39, 0.29) is 0 Å². The number of hydrogen-bond acceptors (Lipinski definition) is 4. The van der Waals surface area contributed by atoms with E-state index in [2.05, 4.69) is 23.6 Å². The van der Waals surface area contributed by atoms with Gasteiger partial charge in [-0.05, 0) is 43.9 Å². The van der Waals surface area contributed by atoms with Crippen molar-refractivity contribution in [2.75, 3.05) is 36.9 Å². The van der Waals surface area contributed by atoms with Gasteiger partial charge < -0.3 is 4.90 Å². The molecule has 0 saturated carbocycles. The first-order valence-electron chi connectivity index (χ1n) is 7.63. The first-order chi connectivity index (χ1) is 9.09. The number of rotatable bonds is 4. The molecule has 1 atom stereocenters. The van der Waals surface area contributed by atoms with E-state index in [4.69, 9.17) is 0 Å². The maximum atomic E-state index is 11.5. The number of likely N-dealkylation sites (tertiary alicyclic amines) is 1. The summed E-state index contributed by atoms with van der Waals surface area (Å²) >= 11 is 2.09. The highest BCUT2D eigenvalue weighted by Gasteiger charge is 2.26. The smallest absolute Gasteiger partial charge is 0.150 e. The van der Waals surface area contributed by atoms with Crippen LogP contribution in [0.1, 0.15) is 39.0 Å². The minimum Gasteiger partial charge on any atom is -0.302 e. The van der Waals surface area contributed by atoms with Crippen LogP contribution >= 0.6 is 11.8 Å². The van der Waals surface area contributed by atoms with Gasteiger partial charge in [-0.2, -0.15) is 11.8 Å². The second-order valence-corrected chi connectivity index (χ2v) is 9.81. The zero-order valence-electron chi connectivity index (χ0n) is 12.0. The Morgan fingerprint density at radius 1 is 1.16 bits per heavy atom. The lowest BCUT2D eigenvalue weighted by Gasteiger charge is -2.30. The monoisotopic (exact) mass is 305 g/mol. The molecule has 0 spiro atoms. The predicted molar refractivity (Wildman–Crippen MR) is 83.6 cm³/mol. The minimum atomic E-state index is -2.71. The third kappa shape index (κ3) is 5.27. The van der Waals surface area contributed by atoms with Crippen molar-refractivity contribution in [3.8, 4) is 0 Å². The number of sulfone groups is 1. The molecule has 2 fully saturated rings. The van der Waals surface area contributed by atoms with Crippen LogP contribution in [0, 0.1) is 5.92 Å². The van der Waals surface area contributed by atoms with Gasteiger partial charge in [0.2, 0.25) is 0 Å². The molecule has 0 N–H and O–H groups in total. The second kappa shape index (κ2) is 7.32. The molecule has 2 rings (SSSR count). The van der Waals surface area contributed by atoms with Gasteiger partial charge in [0.25, 0.3) is 0 Å². The molecule has 3 nitrogen and oxygen atoms in total. The van der Waals surface area contributed by atoms with Crippen molar-refractivity contribution in [2.45, 2.75) is 44.3 Å². The van der Waals surface area contributed by atoms with Gasteiger partial charge in [0.15, 0.2) is 0 Å². The molecule has 2 aliphatic heterocycles. The maximum Gasteiger partial charge on any atom is 0.150 e. The van der Waals surface area contributed by atoms with E-state index in [0.29, 0.717) is 17.4 Å². The van der Waals surface area contributed by atoms with Crippen molar-refractivity contribution >= 4 is 21.6 Å². The largest absolute Gasteiger partial charge is 0.302 e. The van der Waals surface area contributed by atoms with Crippen molar-refractivity contribution in [3.63, 3.8) is 0 Å². The van der Waals surface area contributed by atoms with E-state index in [9.17, 15) is 8.42 Å². The Kier molecular flexibility index (Phi) is 6.03. The molecule has 2 aliphatic rings. The van der Waals surface area contributed by atoms with E-state index in [1.54, 1.807) is 0 Å². The molecular formula is C14H27NO2S2. The summed E-state index contributed by atoms with van der Waals surface area (Å²) in [5.74, 6) is 2.64. The van der Waals surface area contributed by atoms with Gasteiger partial charge in [-0.3, -0.25) is 0 Å². The van der Waals surface area contributed by atoms with E-state index in [1.807, 2.05) is 0 Å². The molecule has 0 unspecified atom stereocenters. The molecule has 19 heavy (non-hydrogen) atoms. The van der Waals surface area contributed by atoms with Gasteiger partial charge in [0.1, 0.15) is 9.84 Å². The zero-order valence-corrected chi connectivity index (χ0v) is 13.6. The van der Waals surface area contributed by atoms with Crippen LogP contribution in [-0.2, 0) is 9.84 Å². The Bertz CT molecular complexity index is 356. The summed E-state index contributed by atoms with van der Waals surface area (Å²) in [4.78, 5) is 2.60. The number of thioether (sulfide) groups is 1. The first kappa shape index (κ1) is 15.6. The van der Waals surface area contributed by atoms with Crippen molar-refractivity contribution in [2.24, 2.45) is 5.92 Å². The predicted octanol–water partition coefficient (Wildman–Crippen LogP) is 2.42. The topological polar surface area (TPSA) is 37.4 Å². The first-order valence-corrected chi connectivity index (χ1v) is 10.5. The molecule has 2 heterocycles. The number of nitrogens with zero attached hydrogens (tertiary/aromatic N) is 1. The Morgan fingerprint density at radius 3 is 2.58 bits per heavy atom. The molecule has 0 aromatic carbocycles. The SMILES string of the molecule is CCS[C@@H]1CCCCN(CC2CCS(=O)(=O)CC2)C1. The molecule has 112 valence electrons. The quantitative estimate of drug-likeness (QED) is 0.799. The second-order valence-electron chi connectivity index (χ2n) is 5.93.